The summed E-state index contributed by atoms with van der Waals surface area (Å²) in [5.74, 6) is -2.29. The first-order valence-corrected chi connectivity index (χ1v) is 6.25. The van der Waals surface area contributed by atoms with Gasteiger partial charge in [-0.05, 0) is 32.4 Å². The molecule has 1 rings (SSSR count). The molecule has 0 amide bonds. The van der Waals surface area contributed by atoms with Gasteiger partial charge in [-0.25, -0.2) is 4.79 Å². The standard InChI is InChI=1S/C15H18O5/c1-9(16)4-5-11(10(2)14(18)19)8-12-13(17)6-7-15(12,3)20/h6-8,11,20H,2,4-5H2,1,3H3,(H,18,19). The second-order valence-corrected chi connectivity index (χ2v) is 5.10. The number of carbonyl (C=O) groups excluding carboxylic acids is 2. The number of carbonyl (C=O) groups is 3. The Morgan fingerprint density at radius 3 is 2.50 bits per heavy atom. The highest BCUT2D eigenvalue weighted by Crippen LogP contribution is 2.30. The Labute approximate surface area is 117 Å². The second kappa shape index (κ2) is 5.96. The van der Waals surface area contributed by atoms with Gasteiger partial charge in [0.15, 0.2) is 5.78 Å². The number of Topliss-reactive ketones (excluding diaryl/α,β-unsaturated/α-hetero) is 1. The molecule has 0 saturated carbocycles. The number of hydrogen-bond acceptors (Lipinski definition) is 4. The van der Waals surface area contributed by atoms with Gasteiger partial charge in [0.1, 0.15) is 11.4 Å². The minimum absolute atomic E-state index is 0.0748. The number of rotatable bonds is 6. The first kappa shape index (κ1) is 16.0. The van der Waals surface area contributed by atoms with Crippen LogP contribution in [0.1, 0.15) is 26.7 Å². The summed E-state index contributed by atoms with van der Waals surface area (Å²) in [5.41, 5.74) is -1.40. The molecule has 0 fully saturated rings. The molecule has 0 aromatic carbocycles. The normalized spacial score (nSPS) is 24.9. The van der Waals surface area contributed by atoms with Gasteiger partial charge in [-0.3, -0.25) is 4.79 Å². The predicted octanol–water partition coefficient (Wildman–Crippen LogP) is 1.43. The molecule has 5 heteroatoms. The third-order valence-corrected chi connectivity index (χ3v) is 3.27. The number of hydrogen-bond donors (Lipinski definition) is 2. The van der Waals surface area contributed by atoms with Gasteiger partial charge in [0.2, 0.25) is 0 Å². The maximum absolute atomic E-state index is 11.7. The van der Waals surface area contributed by atoms with E-state index in [4.69, 9.17) is 5.11 Å². The summed E-state index contributed by atoms with van der Waals surface area (Å²) < 4.78 is 0. The quantitative estimate of drug-likeness (QED) is 0.717. The van der Waals surface area contributed by atoms with Crippen molar-refractivity contribution in [3.05, 3.63) is 36.0 Å². The van der Waals surface area contributed by atoms with E-state index in [2.05, 4.69) is 6.58 Å². The van der Waals surface area contributed by atoms with Crippen LogP contribution in [-0.2, 0) is 14.4 Å². The smallest absolute Gasteiger partial charge is 0.331 e. The summed E-state index contributed by atoms with van der Waals surface area (Å²) in [6, 6.07) is 0. The van der Waals surface area contributed by atoms with E-state index in [1.54, 1.807) is 0 Å². The van der Waals surface area contributed by atoms with Crippen molar-refractivity contribution in [1.29, 1.82) is 0 Å². The molecule has 2 atom stereocenters. The van der Waals surface area contributed by atoms with Crippen molar-refractivity contribution >= 4 is 17.5 Å². The van der Waals surface area contributed by atoms with Crippen molar-refractivity contribution in [2.75, 3.05) is 0 Å². The molecular weight excluding hydrogens is 260 g/mol. The highest BCUT2D eigenvalue weighted by atomic mass is 16.4. The summed E-state index contributed by atoms with van der Waals surface area (Å²) in [5, 5.41) is 19.1. The summed E-state index contributed by atoms with van der Waals surface area (Å²) in [7, 11) is 0. The number of aliphatic carboxylic acids is 1. The van der Waals surface area contributed by atoms with Crippen LogP contribution in [0.15, 0.2) is 36.0 Å². The van der Waals surface area contributed by atoms with Crippen LogP contribution >= 0.6 is 0 Å². The molecule has 1 aliphatic carbocycles. The van der Waals surface area contributed by atoms with Gasteiger partial charge in [-0.1, -0.05) is 12.7 Å². The Balaban J connectivity index is 3.05. The average Bonchev–Trinajstić information content (AvgIpc) is 2.59. The molecule has 0 saturated heterocycles. The maximum atomic E-state index is 11.7. The number of ketones is 2. The highest BCUT2D eigenvalue weighted by molar-refractivity contribution is 6.09. The van der Waals surface area contributed by atoms with Crippen LogP contribution in [-0.4, -0.2) is 33.3 Å². The Morgan fingerprint density at radius 1 is 1.50 bits per heavy atom. The third kappa shape index (κ3) is 3.74. The minimum Gasteiger partial charge on any atom is -0.478 e. The lowest BCUT2D eigenvalue weighted by atomic mass is 9.88. The molecule has 20 heavy (non-hydrogen) atoms. The SMILES string of the molecule is C=C(C(=O)O)C(C=C1C(=O)C=CC1(C)O)CCC(C)=O. The lowest BCUT2D eigenvalue weighted by Crippen LogP contribution is -2.24. The molecule has 0 bridgehead atoms. The summed E-state index contributed by atoms with van der Waals surface area (Å²) >= 11 is 0. The predicted molar refractivity (Wildman–Crippen MR) is 73.0 cm³/mol. The topological polar surface area (TPSA) is 91.7 Å². The largest absolute Gasteiger partial charge is 0.478 e. The zero-order chi connectivity index (χ0) is 15.5. The minimum atomic E-state index is -1.41. The summed E-state index contributed by atoms with van der Waals surface area (Å²) in [6.07, 6.45) is 4.43. The van der Waals surface area contributed by atoms with Gasteiger partial charge in [0.05, 0.1) is 0 Å². The van der Waals surface area contributed by atoms with Crippen LogP contribution in [0.2, 0.25) is 0 Å². The van der Waals surface area contributed by atoms with Gasteiger partial charge < -0.3 is 15.0 Å². The Bertz CT molecular complexity index is 522. The first-order chi connectivity index (χ1) is 9.15. The van der Waals surface area contributed by atoms with Crippen molar-refractivity contribution < 1.29 is 24.6 Å². The number of carboxylic acids is 1. The van der Waals surface area contributed by atoms with Crippen LogP contribution in [0.5, 0.6) is 0 Å². The van der Waals surface area contributed by atoms with E-state index in [1.165, 1.54) is 32.1 Å². The van der Waals surface area contributed by atoms with E-state index < -0.39 is 17.5 Å². The van der Waals surface area contributed by atoms with Crippen LogP contribution in [0.3, 0.4) is 0 Å². The van der Waals surface area contributed by atoms with Gasteiger partial charge in [0, 0.05) is 23.5 Å². The molecule has 0 aliphatic heterocycles. The van der Waals surface area contributed by atoms with E-state index in [0.29, 0.717) is 0 Å². The molecule has 2 unspecified atom stereocenters. The summed E-state index contributed by atoms with van der Waals surface area (Å²) in [6.45, 7) is 6.34. The fraction of sp³-hybridized carbons (Fsp3) is 0.400. The molecule has 108 valence electrons. The van der Waals surface area contributed by atoms with Gasteiger partial charge in [0.25, 0.3) is 0 Å². The number of carboxylic acid groups (broad SMARTS) is 1. The van der Waals surface area contributed by atoms with E-state index >= 15 is 0 Å². The van der Waals surface area contributed by atoms with Gasteiger partial charge >= 0.3 is 5.97 Å². The number of aliphatic hydroxyl groups is 1. The monoisotopic (exact) mass is 278 g/mol. The average molecular weight is 278 g/mol. The van der Waals surface area contributed by atoms with Crippen molar-refractivity contribution in [2.45, 2.75) is 32.3 Å². The van der Waals surface area contributed by atoms with E-state index in [1.807, 2.05) is 0 Å². The summed E-state index contributed by atoms with van der Waals surface area (Å²) in [4.78, 5) is 33.8. The first-order valence-electron chi connectivity index (χ1n) is 6.25. The Morgan fingerprint density at radius 2 is 2.10 bits per heavy atom. The van der Waals surface area contributed by atoms with Crippen LogP contribution < -0.4 is 0 Å². The lowest BCUT2D eigenvalue weighted by molar-refractivity contribution is -0.133. The Kier molecular flexibility index (Phi) is 4.78. The molecule has 0 aromatic heterocycles. The lowest BCUT2D eigenvalue weighted by Gasteiger charge is -2.19. The van der Waals surface area contributed by atoms with Crippen molar-refractivity contribution in [1.82, 2.24) is 0 Å². The fourth-order valence-corrected chi connectivity index (χ4v) is 1.99. The van der Waals surface area contributed by atoms with Crippen LogP contribution in [0.4, 0.5) is 0 Å². The molecule has 0 aromatic rings. The number of allylic oxidation sites excluding steroid dienone is 2. The van der Waals surface area contributed by atoms with Crippen molar-refractivity contribution in [3.63, 3.8) is 0 Å². The van der Waals surface area contributed by atoms with Crippen LogP contribution in [0, 0.1) is 5.92 Å². The zero-order valence-corrected chi connectivity index (χ0v) is 11.5. The molecule has 5 nitrogen and oxygen atoms in total. The van der Waals surface area contributed by atoms with Crippen LogP contribution in [0.25, 0.3) is 0 Å². The maximum Gasteiger partial charge on any atom is 0.331 e. The van der Waals surface area contributed by atoms with Gasteiger partial charge in [-0.15, -0.1) is 0 Å². The molecule has 0 heterocycles. The molecule has 0 radical (unpaired) electrons. The molecule has 1 aliphatic rings. The fourth-order valence-electron chi connectivity index (χ4n) is 1.99. The molecule has 0 spiro atoms. The van der Waals surface area contributed by atoms with E-state index in [9.17, 15) is 19.5 Å². The molecular formula is C15H18O5. The van der Waals surface area contributed by atoms with Crippen molar-refractivity contribution in [2.24, 2.45) is 5.92 Å². The van der Waals surface area contributed by atoms with Gasteiger partial charge in [-0.2, -0.15) is 0 Å². The third-order valence-electron chi connectivity index (χ3n) is 3.27. The second-order valence-electron chi connectivity index (χ2n) is 5.10. The zero-order valence-electron chi connectivity index (χ0n) is 11.5. The Hall–Kier alpha value is -2.01. The molecule has 2 N–H and O–H groups in total. The van der Waals surface area contributed by atoms with E-state index in [0.717, 1.165) is 0 Å². The highest BCUT2D eigenvalue weighted by Gasteiger charge is 2.33. The van der Waals surface area contributed by atoms with Crippen molar-refractivity contribution in [3.8, 4) is 0 Å². The van der Waals surface area contributed by atoms with E-state index in [-0.39, 0.29) is 35.6 Å².